The quantitative estimate of drug-likeness (QED) is 0.0402. The number of nitrogens with one attached hydrogen (secondary N) is 1. The highest BCUT2D eigenvalue weighted by molar-refractivity contribution is 6.75. The third kappa shape index (κ3) is 34.5. The van der Waals surface area contributed by atoms with Gasteiger partial charge in [0.25, 0.3) is 0 Å². The molecule has 1 aromatic carbocycles. The second-order valence-corrected chi connectivity index (χ2v) is 29.6. The van der Waals surface area contributed by atoms with Gasteiger partial charge in [0, 0.05) is 30.5 Å². The first-order valence-corrected chi connectivity index (χ1v) is 33.9. The lowest BCUT2D eigenvalue weighted by Crippen LogP contribution is -2.55. The molecule has 0 heterocycles. The highest BCUT2D eigenvalue weighted by Crippen LogP contribution is 2.23. The third-order valence-corrected chi connectivity index (χ3v) is 18.3. The van der Waals surface area contributed by atoms with Gasteiger partial charge >= 0.3 is 5.97 Å². The van der Waals surface area contributed by atoms with Crippen LogP contribution in [-0.2, 0) is 15.6 Å². The number of alkyl halides is 2. The Morgan fingerprint density at radius 2 is 0.852 bits per heavy atom. The first-order chi connectivity index (χ1) is 29.6. The van der Waals surface area contributed by atoms with Crippen LogP contribution in [0.25, 0.3) is 0 Å². The first kappa shape index (κ1) is 58.5. The molecule has 0 spiro atoms. The van der Waals surface area contributed by atoms with Crippen molar-refractivity contribution in [2.24, 2.45) is 0 Å². The molecule has 8 heteroatoms. The number of halogens is 2. The zero-order valence-corrected chi connectivity index (χ0v) is 45.0. The lowest BCUT2D eigenvalue weighted by atomic mass is 10.0. The van der Waals surface area contributed by atoms with Gasteiger partial charge in [0.2, 0.25) is 8.32 Å². The van der Waals surface area contributed by atoms with Crippen molar-refractivity contribution in [2.45, 2.75) is 270 Å². The van der Waals surface area contributed by atoms with Crippen molar-refractivity contribution < 1.29 is 9.22 Å². The van der Waals surface area contributed by atoms with Crippen molar-refractivity contribution in [3.63, 3.8) is 0 Å². The second-order valence-electron chi connectivity index (χ2n) is 20.1. The van der Waals surface area contributed by atoms with Crippen LogP contribution in [0.5, 0.6) is 0 Å². The summed E-state index contributed by atoms with van der Waals surface area (Å²) >= 11 is 12.2. The number of rotatable bonds is 45. The molecule has 1 atom stereocenters. The Bertz CT molecular complexity index is 1120. The van der Waals surface area contributed by atoms with E-state index in [2.05, 4.69) is 74.2 Å². The summed E-state index contributed by atoms with van der Waals surface area (Å²) in [5.74, 6) is 1.10. The lowest BCUT2D eigenvalue weighted by Gasteiger charge is -2.32. The molecule has 0 amide bonds. The van der Waals surface area contributed by atoms with E-state index < -0.39 is 16.6 Å². The van der Waals surface area contributed by atoms with Crippen molar-refractivity contribution in [3.05, 3.63) is 29.8 Å². The molecular weight excluding hydrogens is 824 g/mol. The molecule has 0 bridgehead atoms. The normalized spacial score (nSPS) is 12.6. The Balaban J connectivity index is 2.53. The van der Waals surface area contributed by atoms with Gasteiger partial charge in [0.05, 0.1) is 0 Å². The monoisotopic (exact) mass is 925 g/mol. The van der Waals surface area contributed by atoms with E-state index in [0.29, 0.717) is 18.2 Å². The van der Waals surface area contributed by atoms with Crippen LogP contribution in [0, 0.1) is 0 Å². The predicted molar refractivity (Wildman–Crippen MR) is 280 cm³/mol. The second kappa shape index (κ2) is 39.8. The van der Waals surface area contributed by atoms with Crippen molar-refractivity contribution in [1.82, 2.24) is 4.98 Å². The highest BCUT2D eigenvalue weighted by atomic mass is 35.5. The Hall–Kier alpha value is -0.536. The van der Waals surface area contributed by atoms with Crippen LogP contribution >= 0.6 is 23.2 Å². The number of anilines is 1. The summed E-state index contributed by atoms with van der Waals surface area (Å²) in [5, 5.41) is 0. The molecule has 0 aliphatic rings. The van der Waals surface area contributed by atoms with E-state index >= 15 is 0 Å². The average Bonchev–Trinajstić information content (AvgIpc) is 3.23. The minimum Gasteiger partial charge on any atom is -0.518 e. The molecule has 4 nitrogen and oxygen atoms in total. The Morgan fingerprint density at radius 1 is 0.525 bits per heavy atom. The van der Waals surface area contributed by atoms with E-state index in [4.69, 9.17) is 27.6 Å². The number of hydrogen-bond donors (Lipinski definition) is 1. The van der Waals surface area contributed by atoms with Crippen LogP contribution in [0.15, 0.2) is 24.3 Å². The fourth-order valence-electron chi connectivity index (χ4n) is 9.00. The van der Waals surface area contributed by atoms with Gasteiger partial charge in [-0.1, -0.05) is 245 Å². The van der Waals surface area contributed by atoms with Crippen molar-refractivity contribution in [3.8, 4) is 0 Å². The van der Waals surface area contributed by atoms with Crippen LogP contribution in [-0.4, -0.2) is 53.4 Å². The number of carbonyl (C=O) groups excluding carboxylic acids is 1. The molecule has 0 fully saturated rings. The third-order valence-electron chi connectivity index (χ3n) is 13.0. The largest absolute Gasteiger partial charge is 0.518 e. The molecule has 0 radical (unpaired) electrons. The molecular formula is C53H102Cl2N2O2Si2. The standard InChI is InChI=1S/C53H102Cl2N2O2Si2/c1-7-9-11-13-15-17-19-21-23-25-27-29-31-33-35-37-47-60(3,4)56-52(49-50-39-41-51(42-40-50)57(45-43-54)46-44-55)53(58)59-61(5,6)48-38-36-34-32-30-28-26-24-22-20-18-16-14-12-10-8-2/h39-42,52,56H,7-38,43-49H2,1-6H3/t52-/m1/s1. The summed E-state index contributed by atoms with van der Waals surface area (Å²) < 4.78 is 6.53. The van der Waals surface area contributed by atoms with Crippen LogP contribution in [0.4, 0.5) is 5.69 Å². The number of hydrogen-bond acceptors (Lipinski definition) is 4. The maximum atomic E-state index is 14.1. The maximum Gasteiger partial charge on any atom is 0.309 e. The maximum absolute atomic E-state index is 14.1. The smallest absolute Gasteiger partial charge is 0.309 e. The molecule has 358 valence electrons. The van der Waals surface area contributed by atoms with Gasteiger partial charge in [0.1, 0.15) is 14.3 Å². The van der Waals surface area contributed by atoms with Crippen molar-refractivity contribution >= 4 is 51.4 Å². The molecule has 0 aromatic heterocycles. The lowest BCUT2D eigenvalue weighted by molar-refractivity contribution is -0.137. The Labute approximate surface area is 393 Å². The minimum atomic E-state index is -2.14. The van der Waals surface area contributed by atoms with Gasteiger partial charge in [-0.05, 0) is 49.3 Å². The summed E-state index contributed by atoms with van der Waals surface area (Å²) in [6.07, 6.45) is 44.9. The first-order valence-electron chi connectivity index (χ1n) is 26.5. The molecule has 1 aromatic rings. The molecule has 0 saturated heterocycles. The number of carbonyl (C=O) groups is 1. The van der Waals surface area contributed by atoms with Crippen LogP contribution in [0.3, 0.4) is 0 Å². The van der Waals surface area contributed by atoms with Gasteiger partial charge in [-0.25, -0.2) is 0 Å². The topological polar surface area (TPSA) is 41.6 Å². The van der Waals surface area contributed by atoms with Crippen LogP contribution in [0.1, 0.15) is 225 Å². The Kier molecular flexibility index (Phi) is 38.2. The SMILES string of the molecule is CCCCCCCCCCCCCCCCCC[Si](C)(C)N[C@H](Cc1ccc(N(CCCl)CCCl)cc1)C(=O)O[Si](C)(C)CCCCCCCCCCCCCCCCCC. The summed E-state index contributed by atoms with van der Waals surface area (Å²) in [5.41, 5.74) is 2.29. The Morgan fingerprint density at radius 3 is 1.20 bits per heavy atom. The van der Waals surface area contributed by atoms with Gasteiger partial charge in [0.15, 0.2) is 0 Å². The van der Waals surface area contributed by atoms with E-state index in [1.807, 2.05) is 0 Å². The van der Waals surface area contributed by atoms with E-state index in [1.54, 1.807) is 0 Å². The fourth-order valence-corrected chi connectivity index (χ4v) is 13.7. The zero-order chi connectivity index (χ0) is 44.7. The number of unbranched alkanes of at least 4 members (excludes halogenated alkanes) is 30. The van der Waals surface area contributed by atoms with E-state index in [1.165, 1.54) is 217 Å². The minimum absolute atomic E-state index is 0.0318. The van der Waals surface area contributed by atoms with Gasteiger partial charge < -0.3 is 14.3 Å². The molecule has 1 rings (SSSR count). The molecule has 0 saturated carbocycles. The average molecular weight is 926 g/mol. The van der Waals surface area contributed by atoms with Crippen molar-refractivity contribution in [1.29, 1.82) is 0 Å². The van der Waals surface area contributed by atoms with Crippen LogP contribution in [0.2, 0.25) is 38.3 Å². The predicted octanol–water partition coefficient (Wildman–Crippen LogP) is 17.9. The van der Waals surface area contributed by atoms with Gasteiger partial charge in [-0.3, -0.25) is 4.79 Å². The van der Waals surface area contributed by atoms with Gasteiger partial charge in [-0.15, -0.1) is 23.2 Å². The van der Waals surface area contributed by atoms with Crippen molar-refractivity contribution in [2.75, 3.05) is 29.7 Å². The summed E-state index contributed by atoms with van der Waals surface area (Å²) in [6.45, 7) is 15.5. The van der Waals surface area contributed by atoms with E-state index in [9.17, 15) is 4.79 Å². The summed E-state index contributed by atoms with van der Waals surface area (Å²) in [6, 6.07) is 10.6. The molecule has 61 heavy (non-hydrogen) atoms. The summed E-state index contributed by atoms with van der Waals surface area (Å²) in [4.78, 5) is 20.3. The zero-order valence-electron chi connectivity index (χ0n) is 41.5. The molecule has 0 aliphatic carbocycles. The highest BCUT2D eigenvalue weighted by Gasteiger charge is 2.34. The fraction of sp³-hybridized carbons (Fsp3) is 0.868. The van der Waals surface area contributed by atoms with E-state index in [-0.39, 0.29) is 12.0 Å². The molecule has 0 aliphatic heterocycles. The van der Waals surface area contributed by atoms with E-state index in [0.717, 1.165) is 24.8 Å². The van der Waals surface area contributed by atoms with Gasteiger partial charge in [-0.2, -0.15) is 0 Å². The summed E-state index contributed by atoms with van der Waals surface area (Å²) in [7, 11) is -4.00. The molecule has 1 N–H and O–H groups in total. The molecule has 0 unspecified atom stereocenters. The number of benzene rings is 1. The van der Waals surface area contributed by atoms with Crippen LogP contribution < -0.4 is 9.88 Å². The number of nitrogens with zero attached hydrogens (tertiary/aromatic N) is 1.